The van der Waals surface area contributed by atoms with E-state index in [2.05, 4.69) is 25.7 Å². The highest BCUT2D eigenvalue weighted by Gasteiger charge is 2.44. The Labute approximate surface area is 94.2 Å². The van der Waals surface area contributed by atoms with Crippen LogP contribution in [0.25, 0.3) is 0 Å². The molecule has 2 rings (SSSR count). The third kappa shape index (κ3) is 1.94. The van der Waals surface area contributed by atoms with Gasteiger partial charge in [0, 0.05) is 18.1 Å². The molecular formula is C13H26N2. The predicted octanol–water partition coefficient (Wildman–Crippen LogP) is 2.38. The molecule has 1 aliphatic heterocycles. The van der Waals surface area contributed by atoms with E-state index in [1.807, 2.05) is 0 Å². The van der Waals surface area contributed by atoms with Crippen molar-refractivity contribution in [3.05, 3.63) is 0 Å². The van der Waals surface area contributed by atoms with Gasteiger partial charge in [-0.2, -0.15) is 0 Å². The van der Waals surface area contributed by atoms with E-state index in [4.69, 9.17) is 5.73 Å². The van der Waals surface area contributed by atoms with Gasteiger partial charge in [0.05, 0.1) is 0 Å². The van der Waals surface area contributed by atoms with Crippen LogP contribution in [0.2, 0.25) is 0 Å². The first-order valence-corrected chi connectivity index (χ1v) is 6.57. The lowest BCUT2D eigenvalue weighted by Crippen LogP contribution is -2.50. The highest BCUT2D eigenvalue weighted by molar-refractivity contribution is 5.01. The van der Waals surface area contributed by atoms with Crippen molar-refractivity contribution in [3.8, 4) is 0 Å². The minimum absolute atomic E-state index is 0.353. The minimum Gasteiger partial charge on any atom is -0.326 e. The second-order valence-electron chi connectivity index (χ2n) is 6.06. The molecule has 2 heteroatoms. The molecule has 1 aliphatic carbocycles. The normalized spacial score (nSPS) is 41.2. The smallest absolute Gasteiger partial charge is 0.0255 e. The van der Waals surface area contributed by atoms with Gasteiger partial charge in [-0.1, -0.05) is 20.8 Å². The van der Waals surface area contributed by atoms with Crippen molar-refractivity contribution in [2.45, 2.75) is 71.0 Å². The molecule has 15 heavy (non-hydrogen) atoms. The number of rotatable bonds is 2. The van der Waals surface area contributed by atoms with Crippen LogP contribution in [0.5, 0.6) is 0 Å². The van der Waals surface area contributed by atoms with Crippen molar-refractivity contribution >= 4 is 0 Å². The van der Waals surface area contributed by atoms with Crippen LogP contribution in [0.4, 0.5) is 0 Å². The quantitative estimate of drug-likeness (QED) is 0.758. The monoisotopic (exact) mass is 210 g/mol. The molecule has 1 heterocycles. The van der Waals surface area contributed by atoms with Crippen LogP contribution in [0.3, 0.4) is 0 Å². The molecule has 2 N–H and O–H groups in total. The van der Waals surface area contributed by atoms with Crippen molar-refractivity contribution in [2.75, 3.05) is 6.54 Å². The van der Waals surface area contributed by atoms with Crippen molar-refractivity contribution in [3.63, 3.8) is 0 Å². The third-order valence-corrected chi connectivity index (χ3v) is 4.72. The van der Waals surface area contributed by atoms with Crippen LogP contribution in [0.15, 0.2) is 0 Å². The molecule has 0 aromatic rings. The Morgan fingerprint density at radius 1 is 1.33 bits per heavy atom. The number of nitrogens with two attached hydrogens (primary N) is 1. The Bertz CT molecular complexity index is 225. The Morgan fingerprint density at radius 2 is 2.07 bits per heavy atom. The summed E-state index contributed by atoms with van der Waals surface area (Å²) in [6.45, 7) is 8.25. The number of nitrogens with zero attached hydrogens (tertiary/aromatic N) is 1. The van der Waals surface area contributed by atoms with E-state index in [-0.39, 0.29) is 0 Å². The second kappa shape index (κ2) is 4.06. The molecule has 0 radical (unpaired) electrons. The fraction of sp³-hybridized carbons (Fsp3) is 1.00. The Kier molecular flexibility index (Phi) is 3.09. The third-order valence-electron chi connectivity index (χ3n) is 4.72. The molecule has 1 saturated carbocycles. The summed E-state index contributed by atoms with van der Waals surface area (Å²) in [6, 6.07) is 1.85. The van der Waals surface area contributed by atoms with Crippen LogP contribution in [-0.2, 0) is 0 Å². The number of likely N-dealkylation sites (tertiary alicyclic amines) is 1. The molecule has 2 aliphatic rings. The standard InChI is InChI=1S/C13H26N2/c1-4-10-6-5-9-15(10)11-7-8-13(2,3)12(11)14/h10-12H,4-9,14H2,1-3H3. The lowest BCUT2D eigenvalue weighted by Gasteiger charge is -2.35. The molecule has 0 aromatic carbocycles. The summed E-state index contributed by atoms with van der Waals surface area (Å²) >= 11 is 0. The lowest BCUT2D eigenvalue weighted by atomic mass is 9.87. The molecule has 0 spiro atoms. The minimum atomic E-state index is 0.353. The van der Waals surface area contributed by atoms with Crippen LogP contribution >= 0.6 is 0 Å². The van der Waals surface area contributed by atoms with Gasteiger partial charge in [0.15, 0.2) is 0 Å². The van der Waals surface area contributed by atoms with Crippen LogP contribution in [0.1, 0.15) is 52.9 Å². The van der Waals surface area contributed by atoms with E-state index in [9.17, 15) is 0 Å². The molecule has 0 bridgehead atoms. The molecule has 1 saturated heterocycles. The van der Waals surface area contributed by atoms with E-state index >= 15 is 0 Å². The first-order valence-electron chi connectivity index (χ1n) is 6.57. The van der Waals surface area contributed by atoms with Crippen molar-refractivity contribution in [1.82, 2.24) is 4.90 Å². The lowest BCUT2D eigenvalue weighted by molar-refractivity contribution is 0.147. The summed E-state index contributed by atoms with van der Waals surface area (Å²) < 4.78 is 0. The average Bonchev–Trinajstić information content (AvgIpc) is 2.74. The number of hydrogen-bond donors (Lipinski definition) is 1. The zero-order valence-electron chi connectivity index (χ0n) is 10.5. The Balaban J connectivity index is 2.05. The SMILES string of the molecule is CCC1CCCN1C1CCC(C)(C)C1N. The molecule has 2 fully saturated rings. The largest absolute Gasteiger partial charge is 0.326 e. The van der Waals surface area contributed by atoms with Gasteiger partial charge in [-0.3, -0.25) is 4.90 Å². The Morgan fingerprint density at radius 3 is 2.60 bits per heavy atom. The van der Waals surface area contributed by atoms with Gasteiger partial charge >= 0.3 is 0 Å². The highest BCUT2D eigenvalue weighted by atomic mass is 15.2. The second-order valence-corrected chi connectivity index (χ2v) is 6.06. The molecule has 0 aromatic heterocycles. The number of hydrogen-bond acceptors (Lipinski definition) is 2. The first-order chi connectivity index (χ1) is 7.06. The summed E-state index contributed by atoms with van der Waals surface area (Å²) in [4.78, 5) is 2.71. The fourth-order valence-corrected chi connectivity index (χ4v) is 3.49. The van der Waals surface area contributed by atoms with Gasteiger partial charge in [0.1, 0.15) is 0 Å². The van der Waals surface area contributed by atoms with Gasteiger partial charge in [-0.15, -0.1) is 0 Å². The van der Waals surface area contributed by atoms with Gasteiger partial charge in [0.2, 0.25) is 0 Å². The van der Waals surface area contributed by atoms with E-state index in [0.717, 1.165) is 6.04 Å². The summed E-state index contributed by atoms with van der Waals surface area (Å²) in [7, 11) is 0. The molecule has 3 atom stereocenters. The molecule has 88 valence electrons. The molecular weight excluding hydrogens is 184 g/mol. The zero-order valence-corrected chi connectivity index (χ0v) is 10.5. The van der Waals surface area contributed by atoms with Crippen LogP contribution in [0, 0.1) is 5.41 Å². The first kappa shape index (κ1) is 11.4. The van der Waals surface area contributed by atoms with Crippen LogP contribution in [-0.4, -0.2) is 29.6 Å². The maximum absolute atomic E-state index is 6.41. The maximum Gasteiger partial charge on any atom is 0.0255 e. The summed E-state index contributed by atoms with van der Waals surface area (Å²) in [5.41, 5.74) is 6.76. The van der Waals surface area contributed by atoms with E-state index in [1.54, 1.807) is 0 Å². The van der Waals surface area contributed by atoms with Gasteiger partial charge in [-0.25, -0.2) is 0 Å². The van der Waals surface area contributed by atoms with E-state index < -0.39 is 0 Å². The topological polar surface area (TPSA) is 29.3 Å². The van der Waals surface area contributed by atoms with Gasteiger partial charge in [-0.05, 0) is 44.1 Å². The zero-order chi connectivity index (χ0) is 11.1. The van der Waals surface area contributed by atoms with Crippen molar-refractivity contribution < 1.29 is 0 Å². The van der Waals surface area contributed by atoms with Crippen molar-refractivity contribution in [1.29, 1.82) is 0 Å². The Hall–Kier alpha value is -0.0800. The predicted molar refractivity (Wildman–Crippen MR) is 64.8 cm³/mol. The summed E-state index contributed by atoms with van der Waals surface area (Å²) in [6.07, 6.45) is 6.67. The molecule has 2 nitrogen and oxygen atoms in total. The average molecular weight is 210 g/mol. The van der Waals surface area contributed by atoms with E-state index in [1.165, 1.54) is 38.6 Å². The molecule has 0 amide bonds. The summed E-state index contributed by atoms with van der Waals surface area (Å²) in [5, 5.41) is 0. The van der Waals surface area contributed by atoms with Crippen molar-refractivity contribution in [2.24, 2.45) is 11.1 Å². The van der Waals surface area contributed by atoms with Crippen LogP contribution < -0.4 is 5.73 Å². The molecule has 3 unspecified atom stereocenters. The van der Waals surface area contributed by atoms with Gasteiger partial charge in [0.25, 0.3) is 0 Å². The highest BCUT2D eigenvalue weighted by Crippen LogP contribution is 2.40. The van der Waals surface area contributed by atoms with E-state index in [0.29, 0.717) is 17.5 Å². The van der Waals surface area contributed by atoms with Gasteiger partial charge < -0.3 is 5.73 Å². The summed E-state index contributed by atoms with van der Waals surface area (Å²) in [5.74, 6) is 0. The fourth-order valence-electron chi connectivity index (χ4n) is 3.49. The maximum atomic E-state index is 6.41.